The van der Waals surface area contributed by atoms with Crippen LogP contribution in [-0.4, -0.2) is 21.9 Å². The zero-order chi connectivity index (χ0) is 16.0. The Bertz CT molecular complexity index is 1080. The summed E-state index contributed by atoms with van der Waals surface area (Å²) < 4.78 is 6.69. The summed E-state index contributed by atoms with van der Waals surface area (Å²) >= 11 is 0. The molecule has 0 radical (unpaired) electrons. The minimum absolute atomic E-state index is 0.160. The van der Waals surface area contributed by atoms with Crippen LogP contribution in [0.2, 0.25) is 0 Å². The van der Waals surface area contributed by atoms with Crippen molar-refractivity contribution in [2.45, 2.75) is 6.92 Å². The van der Waals surface area contributed by atoms with E-state index in [1.807, 2.05) is 55.5 Å². The van der Waals surface area contributed by atoms with E-state index in [0.29, 0.717) is 5.52 Å². The van der Waals surface area contributed by atoms with Crippen molar-refractivity contribution < 1.29 is 4.74 Å². The molecular formula is C18H15N3O2. The molecule has 4 rings (SSSR count). The molecule has 0 unspecified atom stereocenters. The Kier molecular flexibility index (Phi) is 2.94. The van der Waals surface area contributed by atoms with Gasteiger partial charge in [0.15, 0.2) is 0 Å². The number of hydrogen-bond donors (Lipinski definition) is 1. The predicted molar refractivity (Wildman–Crippen MR) is 90.5 cm³/mol. The molecule has 5 nitrogen and oxygen atoms in total. The third kappa shape index (κ3) is 2.01. The fraction of sp³-hybridized carbons (Fsp3) is 0.111. The molecule has 0 bridgehead atoms. The third-order valence-electron chi connectivity index (χ3n) is 4.02. The van der Waals surface area contributed by atoms with Crippen LogP contribution in [0.5, 0.6) is 5.75 Å². The molecule has 0 aliphatic carbocycles. The molecule has 2 aromatic heterocycles. The number of rotatable bonds is 2. The SMILES string of the molecule is COc1ccc2c(c1)[nH]c1c(=O)n(-c3ccccc3)nc(C)c12. The van der Waals surface area contributed by atoms with E-state index in [1.54, 1.807) is 7.11 Å². The van der Waals surface area contributed by atoms with Gasteiger partial charge < -0.3 is 9.72 Å². The van der Waals surface area contributed by atoms with Gasteiger partial charge in [-0.25, -0.2) is 0 Å². The largest absolute Gasteiger partial charge is 0.497 e. The number of nitrogens with zero attached hydrogens (tertiary/aromatic N) is 2. The highest BCUT2D eigenvalue weighted by atomic mass is 16.5. The van der Waals surface area contributed by atoms with Gasteiger partial charge >= 0.3 is 0 Å². The minimum Gasteiger partial charge on any atom is -0.497 e. The number of H-pyrrole nitrogens is 1. The number of benzene rings is 2. The molecule has 2 aromatic carbocycles. The quantitative estimate of drug-likeness (QED) is 0.619. The first kappa shape index (κ1) is 13.6. The lowest BCUT2D eigenvalue weighted by Crippen LogP contribution is -2.22. The van der Waals surface area contributed by atoms with Crippen molar-refractivity contribution in [2.24, 2.45) is 0 Å². The predicted octanol–water partition coefficient (Wildman–Crippen LogP) is 3.18. The van der Waals surface area contributed by atoms with Crippen LogP contribution in [0.1, 0.15) is 5.69 Å². The molecule has 0 saturated heterocycles. The number of methoxy groups -OCH3 is 1. The molecule has 23 heavy (non-hydrogen) atoms. The van der Waals surface area contributed by atoms with E-state index < -0.39 is 0 Å². The Morgan fingerprint density at radius 1 is 1.13 bits per heavy atom. The summed E-state index contributed by atoms with van der Waals surface area (Å²) in [7, 11) is 1.62. The maximum atomic E-state index is 12.8. The number of hydrogen-bond acceptors (Lipinski definition) is 3. The van der Waals surface area contributed by atoms with Gasteiger partial charge in [-0.15, -0.1) is 0 Å². The van der Waals surface area contributed by atoms with Gasteiger partial charge in [0.1, 0.15) is 11.3 Å². The first-order valence-corrected chi connectivity index (χ1v) is 7.34. The van der Waals surface area contributed by atoms with Crippen molar-refractivity contribution in [1.29, 1.82) is 0 Å². The fourth-order valence-electron chi connectivity index (χ4n) is 2.94. The Hall–Kier alpha value is -3.08. The van der Waals surface area contributed by atoms with Gasteiger partial charge in [0, 0.05) is 16.8 Å². The van der Waals surface area contributed by atoms with Crippen LogP contribution >= 0.6 is 0 Å². The molecule has 4 aromatic rings. The van der Waals surface area contributed by atoms with Crippen LogP contribution in [0.3, 0.4) is 0 Å². The lowest BCUT2D eigenvalue weighted by Gasteiger charge is -2.06. The van der Waals surface area contributed by atoms with Gasteiger partial charge in [0.05, 0.1) is 24.0 Å². The van der Waals surface area contributed by atoms with E-state index in [4.69, 9.17) is 4.74 Å². The van der Waals surface area contributed by atoms with Crippen LogP contribution in [0.25, 0.3) is 27.5 Å². The number of aryl methyl sites for hydroxylation is 1. The average Bonchev–Trinajstić information content (AvgIpc) is 2.98. The molecular weight excluding hydrogens is 290 g/mol. The molecule has 0 aliphatic heterocycles. The second-order valence-electron chi connectivity index (χ2n) is 5.42. The van der Waals surface area contributed by atoms with Gasteiger partial charge in [-0.1, -0.05) is 18.2 Å². The van der Waals surface area contributed by atoms with Crippen LogP contribution < -0.4 is 10.3 Å². The number of aromatic nitrogens is 3. The van der Waals surface area contributed by atoms with Crippen molar-refractivity contribution in [1.82, 2.24) is 14.8 Å². The zero-order valence-electron chi connectivity index (χ0n) is 12.8. The second-order valence-corrected chi connectivity index (χ2v) is 5.42. The molecule has 0 fully saturated rings. The Morgan fingerprint density at radius 3 is 2.65 bits per heavy atom. The first-order chi connectivity index (χ1) is 11.2. The van der Waals surface area contributed by atoms with Crippen molar-refractivity contribution in [3.63, 3.8) is 0 Å². The summed E-state index contributed by atoms with van der Waals surface area (Å²) in [6, 6.07) is 15.1. The van der Waals surface area contributed by atoms with Crippen molar-refractivity contribution in [2.75, 3.05) is 7.11 Å². The summed E-state index contributed by atoms with van der Waals surface area (Å²) in [6.07, 6.45) is 0. The van der Waals surface area contributed by atoms with Crippen molar-refractivity contribution in [3.05, 3.63) is 64.6 Å². The zero-order valence-corrected chi connectivity index (χ0v) is 12.8. The van der Waals surface area contributed by atoms with Gasteiger partial charge in [0.2, 0.25) is 0 Å². The molecule has 0 spiro atoms. The van der Waals surface area contributed by atoms with Gasteiger partial charge in [-0.05, 0) is 31.2 Å². The Balaban J connectivity index is 2.09. The van der Waals surface area contributed by atoms with E-state index in [9.17, 15) is 4.79 Å². The molecule has 0 aliphatic rings. The van der Waals surface area contributed by atoms with E-state index in [2.05, 4.69) is 10.1 Å². The van der Waals surface area contributed by atoms with E-state index in [1.165, 1.54) is 4.68 Å². The molecule has 1 N–H and O–H groups in total. The number of aromatic amines is 1. The van der Waals surface area contributed by atoms with Crippen LogP contribution in [0.4, 0.5) is 0 Å². The molecule has 5 heteroatoms. The molecule has 0 amide bonds. The summed E-state index contributed by atoms with van der Waals surface area (Å²) in [5.74, 6) is 0.748. The fourth-order valence-corrected chi connectivity index (χ4v) is 2.94. The number of fused-ring (bicyclic) bond motifs is 3. The Labute approximate surface area is 132 Å². The lowest BCUT2D eigenvalue weighted by molar-refractivity contribution is 0.415. The summed E-state index contributed by atoms with van der Waals surface area (Å²) in [5.41, 5.74) is 2.82. The van der Waals surface area contributed by atoms with E-state index in [0.717, 1.165) is 33.4 Å². The standard InChI is InChI=1S/C18H15N3O2/c1-11-16-14-9-8-13(23-2)10-15(14)19-17(16)18(22)21(20-11)12-6-4-3-5-7-12/h3-10,19H,1-2H3. The summed E-state index contributed by atoms with van der Waals surface area (Å²) in [6.45, 7) is 1.92. The topological polar surface area (TPSA) is 59.9 Å². The molecule has 0 saturated carbocycles. The van der Waals surface area contributed by atoms with E-state index >= 15 is 0 Å². The third-order valence-corrected chi connectivity index (χ3v) is 4.02. The highest BCUT2D eigenvalue weighted by Gasteiger charge is 2.15. The van der Waals surface area contributed by atoms with Gasteiger partial charge in [0.25, 0.3) is 5.56 Å². The normalized spacial score (nSPS) is 11.2. The minimum atomic E-state index is -0.160. The summed E-state index contributed by atoms with van der Waals surface area (Å²) in [4.78, 5) is 16.1. The maximum absolute atomic E-state index is 12.8. The lowest BCUT2D eigenvalue weighted by atomic mass is 10.1. The molecule has 2 heterocycles. The molecule has 0 atom stereocenters. The number of ether oxygens (including phenoxy) is 1. The monoisotopic (exact) mass is 305 g/mol. The van der Waals surface area contributed by atoms with E-state index in [-0.39, 0.29) is 5.56 Å². The van der Waals surface area contributed by atoms with Crippen LogP contribution in [0, 0.1) is 6.92 Å². The smallest absolute Gasteiger partial charge is 0.295 e. The average molecular weight is 305 g/mol. The van der Waals surface area contributed by atoms with Crippen molar-refractivity contribution in [3.8, 4) is 11.4 Å². The molecule has 114 valence electrons. The second kappa shape index (κ2) is 4.98. The maximum Gasteiger partial charge on any atom is 0.295 e. The van der Waals surface area contributed by atoms with Gasteiger partial charge in [-0.3, -0.25) is 4.79 Å². The Morgan fingerprint density at radius 2 is 1.91 bits per heavy atom. The summed E-state index contributed by atoms with van der Waals surface area (Å²) in [5, 5.41) is 6.33. The van der Waals surface area contributed by atoms with Crippen LogP contribution in [0.15, 0.2) is 53.3 Å². The van der Waals surface area contributed by atoms with Crippen LogP contribution in [-0.2, 0) is 0 Å². The highest BCUT2D eigenvalue weighted by Crippen LogP contribution is 2.28. The highest BCUT2D eigenvalue weighted by molar-refractivity contribution is 6.08. The first-order valence-electron chi connectivity index (χ1n) is 7.34. The number of para-hydroxylation sites is 1. The van der Waals surface area contributed by atoms with Gasteiger partial charge in [-0.2, -0.15) is 9.78 Å². The van der Waals surface area contributed by atoms with Crippen molar-refractivity contribution >= 4 is 21.8 Å². The number of nitrogens with one attached hydrogen (secondary N) is 1.